The van der Waals surface area contributed by atoms with Crippen molar-refractivity contribution in [1.82, 2.24) is 9.97 Å². The maximum absolute atomic E-state index is 6.16. The van der Waals surface area contributed by atoms with Crippen LogP contribution in [0.15, 0.2) is 132 Å². The summed E-state index contributed by atoms with van der Waals surface area (Å²) in [7, 11) is 0. The van der Waals surface area contributed by atoms with Gasteiger partial charge in [0.2, 0.25) is 0 Å². The molecule has 0 aliphatic heterocycles. The Morgan fingerprint density at radius 1 is 0.688 bits per heavy atom. The Bertz CT molecular complexity index is 2080. The monoisotopic (exact) mass is 805 g/mol. The predicted octanol–water partition coefficient (Wildman–Crippen LogP) is 11.4. The normalized spacial score (nSPS) is 13.5. The van der Waals surface area contributed by atoms with E-state index in [4.69, 9.17) is 4.42 Å². The summed E-state index contributed by atoms with van der Waals surface area (Å²) in [5, 5.41) is 2.28. The third kappa shape index (κ3) is 7.36. The molecule has 1 aliphatic rings. The van der Waals surface area contributed by atoms with Crippen LogP contribution in [0.5, 0.6) is 0 Å². The molecule has 0 saturated heterocycles. The van der Waals surface area contributed by atoms with Crippen molar-refractivity contribution >= 4 is 21.9 Å². The van der Waals surface area contributed by atoms with Crippen LogP contribution in [-0.4, -0.2) is 9.97 Å². The molecule has 0 N–H and O–H groups in total. The first-order valence-electron chi connectivity index (χ1n) is 16.8. The summed E-state index contributed by atoms with van der Waals surface area (Å²) >= 11 is 0. The van der Waals surface area contributed by atoms with Crippen molar-refractivity contribution in [2.75, 3.05) is 0 Å². The first-order valence-corrected chi connectivity index (χ1v) is 16.8. The molecule has 3 nitrogen and oxygen atoms in total. The number of furan rings is 1. The SMILES string of the molecule is CC(C)(c1ccccc1)c1cc[c-]c(-c2ccccn2)c1.[Ir].[c-]1ccc2c(oc3ccccc32)c1-c1cc(CC2CCCCC2)ccn1. The van der Waals surface area contributed by atoms with Crippen LogP contribution < -0.4 is 0 Å². The summed E-state index contributed by atoms with van der Waals surface area (Å²) in [6, 6.07) is 46.2. The van der Waals surface area contributed by atoms with Crippen LogP contribution in [0.25, 0.3) is 44.5 Å². The first kappa shape index (κ1) is 33.5. The van der Waals surface area contributed by atoms with Gasteiger partial charge in [-0.3, -0.25) is 0 Å². The molecule has 3 heterocycles. The number of aromatic nitrogens is 2. The fraction of sp³-hybridized carbons (Fsp3) is 0.227. The number of nitrogens with zero attached hydrogens (tertiary/aromatic N) is 2. The Morgan fingerprint density at radius 2 is 1.44 bits per heavy atom. The van der Waals surface area contributed by atoms with Crippen LogP contribution >= 0.6 is 0 Å². The summed E-state index contributed by atoms with van der Waals surface area (Å²) in [6.45, 7) is 4.50. The number of benzene rings is 4. The van der Waals surface area contributed by atoms with Crippen LogP contribution in [0.4, 0.5) is 0 Å². The van der Waals surface area contributed by atoms with Crippen LogP contribution in [0.3, 0.4) is 0 Å². The maximum Gasteiger partial charge on any atom is 0.120 e. The minimum Gasteiger partial charge on any atom is -0.501 e. The largest absolute Gasteiger partial charge is 0.501 e. The van der Waals surface area contributed by atoms with Gasteiger partial charge in [0.1, 0.15) is 5.58 Å². The molecular formula is C44H40IrN2O-2. The van der Waals surface area contributed by atoms with Crippen molar-refractivity contribution in [3.05, 3.63) is 156 Å². The maximum atomic E-state index is 6.16. The third-order valence-corrected chi connectivity index (χ3v) is 9.63. The number of rotatable bonds is 6. The van der Waals surface area contributed by atoms with E-state index in [1.165, 1.54) is 48.8 Å². The summed E-state index contributed by atoms with van der Waals surface area (Å²) in [5.74, 6) is 0.824. The van der Waals surface area contributed by atoms with Crippen LogP contribution in [0.1, 0.15) is 62.6 Å². The van der Waals surface area contributed by atoms with Gasteiger partial charge in [0.15, 0.2) is 0 Å². The first-order chi connectivity index (χ1) is 23.1. The second-order valence-corrected chi connectivity index (χ2v) is 13.1. The van der Waals surface area contributed by atoms with E-state index in [2.05, 4.69) is 109 Å². The molecule has 8 rings (SSSR count). The molecule has 243 valence electrons. The van der Waals surface area contributed by atoms with Gasteiger partial charge in [-0.1, -0.05) is 129 Å². The van der Waals surface area contributed by atoms with Gasteiger partial charge >= 0.3 is 0 Å². The van der Waals surface area contributed by atoms with Crippen molar-refractivity contribution in [2.45, 2.75) is 57.8 Å². The van der Waals surface area contributed by atoms with Crippen molar-refractivity contribution in [1.29, 1.82) is 0 Å². The van der Waals surface area contributed by atoms with E-state index < -0.39 is 0 Å². The van der Waals surface area contributed by atoms with E-state index >= 15 is 0 Å². The molecule has 1 aliphatic carbocycles. The fourth-order valence-electron chi connectivity index (χ4n) is 6.89. The minimum atomic E-state index is -0.0418. The second kappa shape index (κ2) is 15.2. The van der Waals surface area contributed by atoms with Gasteiger partial charge in [-0.15, -0.1) is 53.6 Å². The molecular weight excluding hydrogens is 765 g/mol. The smallest absolute Gasteiger partial charge is 0.120 e. The zero-order chi connectivity index (χ0) is 32.1. The fourth-order valence-corrected chi connectivity index (χ4v) is 6.89. The quantitative estimate of drug-likeness (QED) is 0.157. The topological polar surface area (TPSA) is 38.9 Å². The van der Waals surface area contributed by atoms with Crippen LogP contribution in [0.2, 0.25) is 0 Å². The molecule has 0 atom stereocenters. The molecule has 1 saturated carbocycles. The summed E-state index contributed by atoms with van der Waals surface area (Å²) in [4.78, 5) is 9.05. The molecule has 0 bridgehead atoms. The molecule has 3 aromatic heterocycles. The van der Waals surface area contributed by atoms with Gasteiger partial charge < -0.3 is 14.4 Å². The number of hydrogen-bond donors (Lipinski definition) is 0. The second-order valence-electron chi connectivity index (χ2n) is 13.1. The van der Waals surface area contributed by atoms with Crippen molar-refractivity contribution in [3.8, 4) is 22.5 Å². The Hall–Kier alpha value is -4.37. The van der Waals surface area contributed by atoms with E-state index in [1.54, 1.807) is 0 Å². The van der Waals surface area contributed by atoms with Gasteiger partial charge in [0.05, 0.1) is 5.58 Å². The van der Waals surface area contributed by atoms with Crippen LogP contribution in [0, 0.1) is 18.1 Å². The van der Waals surface area contributed by atoms with Crippen LogP contribution in [-0.2, 0) is 31.9 Å². The van der Waals surface area contributed by atoms with E-state index in [1.807, 2.05) is 54.9 Å². The Kier molecular flexibility index (Phi) is 10.6. The Morgan fingerprint density at radius 3 is 2.25 bits per heavy atom. The summed E-state index contributed by atoms with van der Waals surface area (Å²) in [5.41, 5.74) is 9.64. The predicted molar refractivity (Wildman–Crippen MR) is 193 cm³/mol. The van der Waals surface area contributed by atoms with Gasteiger partial charge in [-0.05, 0) is 52.9 Å². The van der Waals surface area contributed by atoms with E-state index in [-0.39, 0.29) is 25.5 Å². The van der Waals surface area contributed by atoms with E-state index in [0.29, 0.717) is 0 Å². The van der Waals surface area contributed by atoms with Gasteiger partial charge in [-0.2, -0.15) is 0 Å². The zero-order valence-electron chi connectivity index (χ0n) is 27.6. The van der Waals surface area contributed by atoms with Gasteiger partial charge in [-0.25, -0.2) is 0 Å². The molecule has 4 heteroatoms. The molecule has 0 spiro atoms. The molecule has 1 radical (unpaired) electrons. The molecule has 1 fully saturated rings. The molecule has 4 aromatic carbocycles. The van der Waals surface area contributed by atoms with Crippen molar-refractivity contribution in [3.63, 3.8) is 0 Å². The van der Waals surface area contributed by atoms with E-state index in [9.17, 15) is 0 Å². The number of pyridine rings is 2. The average Bonchev–Trinajstić information content (AvgIpc) is 3.52. The number of fused-ring (bicyclic) bond motifs is 3. The molecule has 0 amide bonds. The molecule has 48 heavy (non-hydrogen) atoms. The van der Waals surface area contributed by atoms with Crippen molar-refractivity contribution < 1.29 is 24.5 Å². The Balaban J connectivity index is 0.000000168. The average molecular weight is 805 g/mol. The number of para-hydroxylation sites is 1. The zero-order valence-corrected chi connectivity index (χ0v) is 30.0. The number of hydrogen-bond acceptors (Lipinski definition) is 3. The minimum absolute atomic E-state index is 0. The van der Waals surface area contributed by atoms with E-state index in [0.717, 1.165) is 56.8 Å². The van der Waals surface area contributed by atoms with Gasteiger partial charge in [0, 0.05) is 37.9 Å². The summed E-state index contributed by atoms with van der Waals surface area (Å²) in [6.07, 6.45) is 11.8. The third-order valence-electron chi connectivity index (χ3n) is 9.63. The Labute approximate surface area is 297 Å². The van der Waals surface area contributed by atoms with Gasteiger partial charge in [0.25, 0.3) is 0 Å². The molecule has 0 unspecified atom stereocenters. The molecule has 7 aromatic rings. The summed E-state index contributed by atoms with van der Waals surface area (Å²) < 4.78 is 6.16. The standard InChI is InChI=1S/C24H22NO.C20H18N.Ir/c1-2-7-17(8-3-1)15-18-13-14-25-22(16-18)21-11-6-10-20-19-9-4-5-12-23(19)26-24(20)21;1-20(2,17-10-4-3-5-11-17)18-12-8-9-16(15-18)19-13-6-7-14-21-19;/h4-6,9-10,12-14,16-17H,1-3,7-8,15H2;3-8,10-15H,1-2H3;/q2*-1;. The van der Waals surface area contributed by atoms with Crippen molar-refractivity contribution in [2.24, 2.45) is 5.92 Å².